The molecule has 1 unspecified atom stereocenters. The number of hydrogen-bond acceptors (Lipinski definition) is 6. The Morgan fingerprint density at radius 1 is 1.16 bits per heavy atom. The molecular weight excluding hydrogens is 434 g/mol. The van der Waals surface area contributed by atoms with Crippen LogP contribution in [0.4, 0.5) is 20.2 Å². The lowest BCUT2D eigenvalue weighted by atomic mass is 10.1. The fraction of sp³-hybridized carbons (Fsp3) is 0.300. The van der Waals surface area contributed by atoms with Crippen molar-refractivity contribution in [3.05, 3.63) is 53.6 Å². The van der Waals surface area contributed by atoms with Crippen LogP contribution in [0.5, 0.6) is 5.75 Å². The third-order valence-electron chi connectivity index (χ3n) is 4.58. The molecule has 1 heterocycles. The molecule has 0 saturated heterocycles. The van der Waals surface area contributed by atoms with Crippen molar-refractivity contribution in [1.29, 1.82) is 0 Å². The summed E-state index contributed by atoms with van der Waals surface area (Å²) in [5, 5.41) is 2.39. The van der Waals surface area contributed by atoms with Crippen molar-refractivity contribution in [3.63, 3.8) is 0 Å². The summed E-state index contributed by atoms with van der Waals surface area (Å²) in [7, 11) is -3.41. The minimum atomic E-state index is -3.41. The standard InChI is InChI=1S/C20H20F2N2O6S/c1-12(18(25)23-15-5-3-4-6-17(15)30-20(21)22)29-19(26)14-7-8-16-13(11-14)9-10-24(16)31(2,27)28/h3-8,11-12,20H,9-10H2,1-2H3,(H,23,25). The van der Waals surface area contributed by atoms with Gasteiger partial charge in [0.05, 0.1) is 23.2 Å². The number of hydrogen-bond donors (Lipinski definition) is 1. The molecule has 0 aromatic heterocycles. The molecule has 0 aliphatic carbocycles. The number of esters is 1. The minimum absolute atomic E-state index is 0.00842. The summed E-state index contributed by atoms with van der Waals surface area (Å²) in [5.74, 6) is -1.73. The van der Waals surface area contributed by atoms with Gasteiger partial charge in [-0.1, -0.05) is 12.1 Å². The van der Waals surface area contributed by atoms with E-state index in [2.05, 4.69) is 10.1 Å². The lowest BCUT2D eigenvalue weighted by molar-refractivity contribution is -0.123. The van der Waals surface area contributed by atoms with E-state index in [9.17, 15) is 26.8 Å². The van der Waals surface area contributed by atoms with E-state index in [1.165, 1.54) is 53.7 Å². The zero-order valence-corrected chi connectivity index (χ0v) is 17.5. The molecule has 2 aromatic carbocycles. The Labute approximate surface area is 177 Å². The maximum absolute atomic E-state index is 12.5. The topological polar surface area (TPSA) is 102 Å². The number of carbonyl (C=O) groups is 2. The van der Waals surface area contributed by atoms with Gasteiger partial charge in [-0.3, -0.25) is 9.10 Å². The minimum Gasteiger partial charge on any atom is -0.449 e. The number of sulfonamides is 1. The summed E-state index contributed by atoms with van der Waals surface area (Å²) in [6.45, 7) is -1.44. The van der Waals surface area contributed by atoms with Gasteiger partial charge in [-0.05, 0) is 49.2 Å². The van der Waals surface area contributed by atoms with E-state index in [1.807, 2.05) is 0 Å². The number of amides is 1. The summed E-state index contributed by atoms with van der Waals surface area (Å²) in [6, 6.07) is 10.1. The van der Waals surface area contributed by atoms with Crippen LogP contribution >= 0.6 is 0 Å². The van der Waals surface area contributed by atoms with Gasteiger partial charge in [0.2, 0.25) is 10.0 Å². The number of halogens is 2. The molecule has 1 amide bonds. The monoisotopic (exact) mass is 454 g/mol. The average Bonchev–Trinajstić information content (AvgIpc) is 3.12. The number of nitrogens with zero attached hydrogens (tertiary/aromatic N) is 1. The van der Waals surface area contributed by atoms with Crippen molar-refractivity contribution in [2.24, 2.45) is 0 Å². The smallest absolute Gasteiger partial charge is 0.387 e. The van der Waals surface area contributed by atoms with Crippen molar-refractivity contribution < 1.29 is 36.3 Å². The van der Waals surface area contributed by atoms with Gasteiger partial charge in [-0.25, -0.2) is 13.2 Å². The Bertz CT molecular complexity index is 1110. The van der Waals surface area contributed by atoms with Crippen LogP contribution in [0.3, 0.4) is 0 Å². The molecule has 8 nitrogen and oxygen atoms in total. The van der Waals surface area contributed by atoms with Crippen molar-refractivity contribution in [2.45, 2.75) is 26.1 Å². The Morgan fingerprint density at radius 3 is 2.55 bits per heavy atom. The number of anilines is 2. The number of benzene rings is 2. The third-order valence-corrected chi connectivity index (χ3v) is 5.76. The van der Waals surface area contributed by atoms with E-state index in [4.69, 9.17) is 4.74 Å². The number of para-hydroxylation sites is 2. The second-order valence-electron chi connectivity index (χ2n) is 6.84. The van der Waals surface area contributed by atoms with Gasteiger partial charge in [-0.15, -0.1) is 0 Å². The van der Waals surface area contributed by atoms with Crippen molar-refractivity contribution in [2.75, 3.05) is 22.4 Å². The molecule has 2 aromatic rings. The summed E-state index contributed by atoms with van der Waals surface area (Å²) in [6.07, 6.45) is 0.322. The van der Waals surface area contributed by atoms with Crippen molar-refractivity contribution >= 4 is 33.3 Å². The van der Waals surface area contributed by atoms with Crippen LogP contribution in [0.15, 0.2) is 42.5 Å². The van der Waals surface area contributed by atoms with E-state index < -0.39 is 34.6 Å². The van der Waals surface area contributed by atoms with Crippen molar-refractivity contribution in [1.82, 2.24) is 0 Å². The first-order chi connectivity index (χ1) is 14.6. The van der Waals surface area contributed by atoms with E-state index in [0.29, 0.717) is 17.7 Å². The second kappa shape index (κ2) is 8.88. The predicted octanol–water partition coefficient (Wildman–Crippen LogP) is 2.79. The van der Waals surface area contributed by atoms with Crippen LogP contribution < -0.4 is 14.4 Å². The maximum atomic E-state index is 12.5. The van der Waals surface area contributed by atoms with Crippen LogP contribution in [-0.4, -0.2) is 45.8 Å². The highest BCUT2D eigenvalue weighted by molar-refractivity contribution is 7.92. The lowest BCUT2D eigenvalue weighted by Crippen LogP contribution is -2.30. The number of alkyl halides is 2. The van der Waals surface area contributed by atoms with Gasteiger partial charge in [0.15, 0.2) is 6.10 Å². The van der Waals surface area contributed by atoms with Gasteiger partial charge < -0.3 is 14.8 Å². The summed E-state index contributed by atoms with van der Waals surface area (Å²) >= 11 is 0. The van der Waals surface area contributed by atoms with Crippen LogP contribution in [0.2, 0.25) is 0 Å². The first kappa shape index (κ1) is 22.5. The summed E-state index contributed by atoms with van der Waals surface area (Å²) in [5.41, 5.74) is 1.35. The normalized spacial score (nSPS) is 14.2. The fourth-order valence-electron chi connectivity index (χ4n) is 3.13. The van der Waals surface area contributed by atoms with Crippen LogP contribution in [0.25, 0.3) is 0 Å². The third kappa shape index (κ3) is 5.29. The molecule has 1 N–H and O–H groups in total. The van der Waals surface area contributed by atoms with Gasteiger partial charge in [0.25, 0.3) is 5.91 Å². The molecule has 1 aliphatic heterocycles. The maximum Gasteiger partial charge on any atom is 0.387 e. The predicted molar refractivity (Wildman–Crippen MR) is 109 cm³/mol. The van der Waals surface area contributed by atoms with Crippen LogP contribution in [0, 0.1) is 0 Å². The van der Waals surface area contributed by atoms with Crippen LogP contribution in [0.1, 0.15) is 22.8 Å². The van der Waals surface area contributed by atoms with E-state index in [0.717, 1.165) is 6.26 Å². The molecular formula is C20H20F2N2O6S. The Balaban J connectivity index is 1.67. The SMILES string of the molecule is CC(OC(=O)c1ccc2c(c1)CCN2S(C)(=O)=O)C(=O)Nc1ccccc1OC(F)F. The fourth-order valence-corrected chi connectivity index (χ4v) is 4.09. The molecule has 1 atom stereocenters. The quantitative estimate of drug-likeness (QED) is 0.646. The highest BCUT2D eigenvalue weighted by atomic mass is 32.2. The zero-order valence-electron chi connectivity index (χ0n) is 16.7. The molecule has 0 saturated carbocycles. The van der Waals surface area contributed by atoms with Gasteiger partial charge in [0, 0.05) is 6.54 Å². The van der Waals surface area contributed by atoms with E-state index in [1.54, 1.807) is 0 Å². The van der Waals surface area contributed by atoms with Crippen molar-refractivity contribution in [3.8, 4) is 5.75 Å². The average molecular weight is 454 g/mol. The first-order valence-corrected chi connectivity index (χ1v) is 11.1. The molecule has 166 valence electrons. The largest absolute Gasteiger partial charge is 0.449 e. The Morgan fingerprint density at radius 2 is 1.87 bits per heavy atom. The Hall–Kier alpha value is -3.21. The molecule has 0 fully saturated rings. The highest BCUT2D eigenvalue weighted by Crippen LogP contribution is 2.31. The number of ether oxygens (including phenoxy) is 2. The second-order valence-corrected chi connectivity index (χ2v) is 8.75. The van der Waals surface area contributed by atoms with Gasteiger partial charge in [-0.2, -0.15) is 8.78 Å². The van der Waals surface area contributed by atoms with Gasteiger partial charge in [0.1, 0.15) is 5.75 Å². The first-order valence-electron chi connectivity index (χ1n) is 9.22. The lowest BCUT2D eigenvalue weighted by Gasteiger charge is -2.17. The molecule has 3 rings (SSSR count). The molecule has 31 heavy (non-hydrogen) atoms. The number of rotatable bonds is 7. The number of carbonyl (C=O) groups excluding carboxylic acids is 2. The summed E-state index contributed by atoms with van der Waals surface area (Å²) in [4.78, 5) is 24.8. The molecule has 0 radical (unpaired) electrons. The van der Waals surface area contributed by atoms with Gasteiger partial charge >= 0.3 is 12.6 Å². The molecule has 0 spiro atoms. The highest BCUT2D eigenvalue weighted by Gasteiger charge is 2.28. The van der Waals surface area contributed by atoms with Crippen LogP contribution in [-0.2, 0) is 26.0 Å². The molecule has 11 heteroatoms. The number of nitrogens with one attached hydrogen (secondary N) is 1. The van der Waals surface area contributed by atoms with E-state index in [-0.39, 0.29) is 23.5 Å². The number of fused-ring (bicyclic) bond motifs is 1. The molecule has 0 bridgehead atoms. The van der Waals surface area contributed by atoms with E-state index >= 15 is 0 Å². The Kier molecular flexibility index (Phi) is 6.44. The molecule has 1 aliphatic rings. The summed E-state index contributed by atoms with van der Waals surface area (Å²) < 4.78 is 59.4. The zero-order chi connectivity index (χ0) is 22.8.